The third-order valence-electron chi connectivity index (χ3n) is 5.59. The molecule has 0 spiro atoms. The van der Waals surface area contributed by atoms with E-state index in [1.54, 1.807) is 24.3 Å². The lowest BCUT2D eigenvalue weighted by atomic mass is 9.95. The predicted molar refractivity (Wildman–Crippen MR) is 119 cm³/mol. The van der Waals surface area contributed by atoms with Gasteiger partial charge in [-0.05, 0) is 68.0 Å². The molecule has 1 atom stereocenters. The van der Waals surface area contributed by atoms with Crippen molar-refractivity contribution in [1.29, 1.82) is 0 Å². The Hall–Kier alpha value is -2.70. The normalized spacial score (nSPS) is 18.2. The highest BCUT2D eigenvalue weighted by Gasteiger charge is 2.45. The Labute approximate surface area is 186 Å². The van der Waals surface area contributed by atoms with E-state index in [2.05, 4.69) is 18.7 Å². The van der Waals surface area contributed by atoms with E-state index in [1.165, 1.54) is 29.2 Å². The molecule has 0 bridgehead atoms. The summed E-state index contributed by atoms with van der Waals surface area (Å²) in [7, 11) is 0. The van der Waals surface area contributed by atoms with Crippen LogP contribution in [0.1, 0.15) is 37.4 Å². The molecular weight excluding hydrogens is 419 g/mol. The smallest absolute Gasteiger partial charge is 0.295 e. The van der Waals surface area contributed by atoms with E-state index in [0.29, 0.717) is 23.6 Å². The van der Waals surface area contributed by atoms with Crippen LogP contribution in [0.5, 0.6) is 0 Å². The lowest BCUT2D eigenvalue weighted by Crippen LogP contribution is -2.33. The van der Waals surface area contributed by atoms with E-state index in [9.17, 15) is 19.1 Å². The molecule has 1 unspecified atom stereocenters. The first-order valence-corrected chi connectivity index (χ1v) is 10.8. The van der Waals surface area contributed by atoms with Gasteiger partial charge in [-0.15, -0.1) is 0 Å². The zero-order chi connectivity index (χ0) is 22.5. The number of aliphatic hydroxyl groups is 1. The summed E-state index contributed by atoms with van der Waals surface area (Å²) in [6.07, 6.45) is 0.683. The first-order chi connectivity index (χ1) is 14.9. The van der Waals surface area contributed by atoms with Crippen LogP contribution in [-0.4, -0.2) is 52.8 Å². The Morgan fingerprint density at radius 2 is 1.81 bits per heavy atom. The lowest BCUT2D eigenvalue weighted by molar-refractivity contribution is -0.140. The van der Waals surface area contributed by atoms with Crippen LogP contribution in [0.3, 0.4) is 0 Å². The number of nitrogens with zero attached hydrogens (tertiary/aromatic N) is 2. The molecule has 1 saturated heterocycles. The minimum absolute atomic E-state index is 0.0123. The van der Waals surface area contributed by atoms with Gasteiger partial charge in [-0.25, -0.2) is 4.39 Å². The lowest BCUT2D eigenvalue weighted by Gasteiger charge is -2.27. The van der Waals surface area contributed by atoms with Crippen LogP contribution >= 0.6 is 11.6 Å². The summed E-state index contributed by atoms with van der Waals surface area (Å²) >= 11 is 6.17. The molecule has 3 rings (SSSR count). The van der Waals surface area contributed by atoms with E-state index >= 15 is 0 Å². The van der Waals surface area contributed by atoms with Gasteiger partial charge in [0.05, 0.1) is 11.6 Å². The molecular formula is C24H26ClFN2O3. The van der Waals surface area contributed by atoms with Gasteiger partial charge in [0.2, 0.25) is 0 Å². The average molecular weight is 445 g/mol. The zero-order valence-electron chi connectivity index (χ0n) is 17.6. The average Bonchev–Trinajstić information content (AvgIpc) is 3.01. The highest BCUT2D eigenvalue weighted by Crippen LogP contribution is 2.40. The van der Waals surface area contributed by atoms with Crippen LogP contribution in [0.2, 0.25) is 5.02 Å². The molecule has 1 aliphatic heterocycles. The SMILES string of the molecule is CCN(CC)CCCN1C(=O)C(=O)C(=C(O)c2ccc(F)cc2)C1c1cccc(Cl)c1. The van der Waals surface area contributed by atoms with E-state index in [4.69, 9.17) is 11.6 Å². The summed E-state index contributed by atoms with van der Waals surface area (Å²) in [6.45, 7) is 7.10. The third kappa shape index (κ3) is 4.97. The Balaban J connectivity index is 2.02. The molecule has 164 valence electrons. The molecule has 0 aliphatic carbocycles. The number of carbonyl (C=O) groups is 2. The van der Waals surface area contributed by atoms with Crippen LogP contribution in [0, 0.1) is 5.82 Å². The number of Topliss-reactive ketones (excluding diaryl/α,β-unsaturated/α-hetero) is 1. The van der Waals surface area contributed by atoms with Gasteiger partial charge < -0.3 is 14.9 Å². The Morgan fingerprint density at radius 1 is 1.13 bits per heavy atom. The monoisotopic (exact) mass is 444 g/mol. The molecule has 1 amide bonds. The first-order valence-electron chi connectivity index (χ1n) is 10.4. The summed E-state index contributed by atoms with van der Waals surface area (Å²) in [6, 6.07) is 11.3. The highest BCUT2D eigenvalue weighted by molar-refractivity contribution is 6.46. The van der Waals surface area contributed by atoms with Crippen molar-refractivity contribution in [2.45, 2.75) is 26.3 Å². The molecule has 31 heavy (non-hydrogen) atoms. The molecule has 1 fully saturated rings. The second-order valence-corrected chi connectivity index (χ2v) is 7.87. The molecule has 1 heterocycles. The summed E-state index contributed by atoms with van der Waals surface area (Å²) in [5.74, 6) is -2.20. The molecule has 7 heteroatoms. The van der Waals surface area contributed by atoms with Crippen LogP contribution in [0.25, 0.3) is 5.76 Å². The Bertz CT molecular complexity index is 987. The zero-order valence-corrected chi connectivity index (χ0v) is 18.4. The van der Waals surface area contributed by atoms with Gasteiger partial charge in [-0.2, -0.15) is 0 Å². The number of amides is 1. The molecule has 2 aromatic carbocycles. The summed E-state index contributed by atoms with van der Waals surface area (Å²) in [5.41, 5.74) is 0.898. The van der Waals surface area contributed by atoms with Crippen LogP contribution < -0.4 is 0 Å². The number of rotatable bonds is 8. The minimum atomic E-state index is -0.763. The number of halogens is 2. The molecule has 0 radical (unpaired) electrons. The van der Waals surface area contributed by atoms with E-state index < -0.39 is 23.5 Å². The van der Waals surface area contributed by atoms with Gasteiger partial charge in [0.25, 0.3) is 11.7 Å². The van der Waals surface area contributed by atoms with E-state index in [1.807, 2.05) is 0 Å². The Morgan fingerprint density at radius 3 is 2.42 bits per heavy atom. The molecule has 2 aromatic rings. The van der Waals surface area contributed by atoms with Crippen molar-refractivity contribution in [3.63, 3.8) is 0 Å². The van der Waals surface area contributed by atoms with Crippen molar-refractivity contribution in [1.82, 2.24) is 9.80 Å². The van der Waals surface area contributed by atoms with Gasteiger partial charge in [-0.1, -0.05) is 37.6 Å². The number of likely N-dealkylation sites (tertiary alicyclic amines) is 1. The number of benzene rings is 2. The molecule has 0 saturated carbocycles. The second-order valence-electron chi connectivity index (χ2n) is 7.43. The topological polar surface area (TPSA) is 60.9 Å². The second kappa shape index (κ2) is 10.1. The van der Waals surface area contributed by atoms with Gasteiger partial charge in [0.15, 0.2) is 0 Å². The highest BCUT2D eigenvalue weighted by atomic mass is 35.5. The molecule has 1 N–H and O–H groups in total. The maximum atomic E-state index is 13.3. The standard InChI is InChI=1S/C24H26ClFN2O3/c1-3-27(4-2)13-6-14-28-21(17-7-5-8-18(25)15-17)20(23(30)24(28)31)22(29)16-9-11-19(26)12-10-16/h5,7-12,15,21,29H,3-4,6,13-14H2,1-2H3. The van der Waals surface area contributed by atoms with Crippen LogP contribution in [0.15, 0.2) is 54.1 Å². The Kier molecular flexibility index (Phi) is 7.46. The quantitative estimate of drug-likeness (QED) is 0.366. The van der Waals surface area contributed by atoms with Gasteiger partial charge >= 0.3 is 0 Å². The third-order valence-corrected chi connectivity index (χ3v) is 5.82. The van der Waals surface area contributed by atoms with Crippen molar-refractivity contribution >= 4 is 29.1 Å². The van der Waals surface area contributed by atoms with Crippen molar-refractivity contribution in [3.8, 4) is 0 Å². The number of ketones is 1. The first kappa shape index (κ1) is 23.0. The number of hydrogen-bond acceptors (Lipinski definition) is 4. The van der Waals surface area contributed by atoms with Gasteiger partial charge in [0.1, 0.15) is 11.6 Å². The molecule has 0 aromatic heterocycles. The summed E-state index contributed by atoms with van der Waals surface area (Å²) in [5, 5.41) is 11.4. The number of carbonyl (C=O) groups excluding carboxylic acids is 2. The van der Waals surface area contributed by atoms with Crippen molar-refractivity contribution in [2.75, 3.05) is 26.2 Å². The molecule has 1 aliphatic rings. The maximum Gasteiger partial charge on any atom is 0.295 e. The summed E-state index contributed by atoms with van der Waals surface area (Å²) in [4.78, 5) is 29.6. The van der Waals surface area contributed by atoms with E-state index in [0.717, 1.165) is 19.6 Å². The fourth-order valence-electron chi connectivity index (χ4n) is 3.90. The van der Waals surface area contributed by atoms with Crippen LogP contribution in [-0.2, 0) is 9.59 Å². The number of hydrogen-bond donors (Lipinski definition) is 1. The minimum Gasteiger partial charge on any atom is -0.507 e. The summed E-state index contributed by atoms with van der Waals surface area (Å²) < 4.78 is 13.3. The predicted octanol–water partition coefficient (Wildman–Crippen LogP) is 4.63. The maximum absolute atomic E-state index is 13.3. The molecule has 5 nitrogen and oxygen atoms in total. The van der Waals surface area contributed by atoms with E-state index in [-0.39, 0.29) is 16.9 Å². The van der Waals surface area contributed by atoms with Gasteiger partial charge in [-0.3, -0.25) is 9.59 Å². The van der Waals surface area contributed by atoms with Crippen molar-refractivity contribution in [2.24, 2.45) is 0 Å². The fourth-order valence-corrected chi connectivity index (χ4v) is 4.10. The fraction of sp³-hybridized carbons (Fsp3) is 0.333. The van der Waals surface area contributed by atoms with Crippen LogP contribution in [0.4, 0.5) is 4.39 Å². The van der Waals surface area contributed by atoms with Gasteiger partial charge in [0, 0.05) is 17.1 Å². The van der Waals surface area contributed by atoms with Crippen molar-refractivity contribution < 1.29 is 19.1 Å². The number of aliphatic hydroxyl groups excluding tert-OH is 1. The van der Waals surface area contributed by atoms with Crippen molar-refractivity contribution in [3.05, 3.63) is 76.1 Å². The largest absolute Gasteiger partial charge is 0.507 e.